The van der Waals surface area contributed by atoms with Gasteiger partial charge in [-0.05, 0) is 53.4 Å². The molecular formula is C12H22. The molecule has 0 atom stereocenters. The maximum Gasteiger partial charge on any atom is -0.0348 e. The second kappa shape index (κ2) is 7.15. The molecule has 0 spiro atoms. The quantitative estimate of drug-likeness (QED) is 0.417. The highest BCUT2D eigenvalue weighted by Gasteiger charge is 1.85. The van der Waals surface area contributed by atoms with Crippen molar-refractivity contribution in [2.75, 3.05) is 0 Å². The molecule has 0 heteroatoms. The van der Waals surface area contributed by atoms with Gasteiger partial charge in [0.05, 0.1) is 0 Å². The van der Waals surface area contributed by atoms with Crippen LogP contribution in [0.4, 0.5) is 0 Å². The first-order chi connectivity index (χ1) is 5.63. The first-order valence-corrected chi connectivity index (χ1v) is 4.89. The van der Waals surface area contributed by atoms with Gasteiger partial charge >= 0.3 is 0 Å². The third-order valence-corrected chi connectivity index (χ3v) is 1.76. The minimum absolute atomic E-state index is 1.25. The van der Waals surface area contributed by atoms with Crippen molar-refractivity contribution in [3.8, 4) is 0 Å². The van der Waals surface area contributed by atoms with Crippen LogP contribution in [0, 0.1) is 0 Å². The number of rotatable bonds is 5. The van der Waals surface area contributed by atoms with Gasteiger partial charge in [-0.1, -0.05) is 23.3 Å². The largest absolute Gasteiger partial charge is 0.0859 e. The summed E-state index contributed by atoms with van der Waals surface area (Å²) < 4.78 is 0. The molecule has 0 amide bonds. The molecule has 0 aliphatic carbocycles. The average Bonchev–Trinajstić information content (AvgIpc) is 1.95. The van der Waals surface area contributed by atoms with Crippen LogP contribution in [0.1, 0.15) is 53.4 Å². The van der Waals surface area contributed by atoms with E-state index in [0.717, 1.165) is 0 Å². The van der Waals surface area contributed by atoms with Crippen molar-refractivity contribution < 1.29 is 0 Å². The molecule has 0 aliphatic rings. The van der Waals surface area contributed by atoms with Crippen LogP contribution in [-0.4, -0.2) is 0 Å². The van der Waals surface area contributed by atoms with Crippen LogP contribution in [0.2, 0.25) is 0 Å². The molecule has 0 radical (unpaired) electrons. The summed E-state index contributed by atoms with van der Waals surface area (Å²) in [4.78, 5) is 0. The molecule has 0 nitrogen and oxygen atoms in total. The molecular weight excluding hydrogens is 144 g/mol. The van der Waals surface area contributed by atoms with E-state index in [4.69, 9.17) is 0 Å². The van der Waals surface area contributed by atoms with E-state index in [2.05, 4.69) is 39.8 Å². The topological polar surface area (TPSA) is 0 Å². The van der Waals surface area contributed by atoms with Gasteiger partial charge in [0.2, 0.25) is 0 Å². The molecule has 0 aromatic heterocycles. The molecule has 0 unspecified atom stereocenters. The summed E-state index contributed by atoms with van der Waals surface area (Å²) >= 11 is 0. The standard InChI is InChI=1S/C12H22/c1-11(2)9-7-5-6-8-10-12(3)4/h9-10H,5-8H2,1-4H3. The molecule has 0 bridgehead atoms. The van der Waals surface area contributed by atoms with E-state index in [1.807, 2.05) is 0 Å². The van der Waals surface area contributed by atoms with E-state index < -0.39 is 0 Å². The highest BCUT2D eigenvalue weighted by molar-refractivity contribution is 4.94. The Balaban J connectivity index is 3.23. The Kier molecular flexibility index (Phi) is 6.84. The van der Waals surface area contributed by atoms with Crippen LogP contribution < -0.4 is 0 Å². The third-order valence-electron chi connectivity index (χ3n) is 1.76. The Bertz CT molecular complexity index is 133. The van der Waals surface area contributed by atoms with Crippen molar-refractivity contribution >= 4 is 0 Å². The second-order valence-corrected chi connectivity index (χ2v) is 3.85. The fraction of sp³-hybridized carbons (Fsp3) is 0.667. The van der Waals surface area contributed by atoms with Gasteiger partial charge < -0.3 is 0 Å². The van der Waals surface area contributed by atoms with E-state index in [1.165, 1.54) is 36.8 Å². The van der Waals surface area contributed by atoms with Crippen molar-refractivity contribution in [2.24, 2.45) is 0 Å². The first-order valence-electron chi connectivity index (χ1n) is 4.89. The van der Waals surface area contributed by atoms with Gasteiger partial charge in [0.25, 0.3) is 0 Å². The zero-order chi connectivity index (χ0) is 9.40. The normalized spacial score (nSPS) is 9.33. The number of hydrogen-bond acceptors (Lipinski definition) is 0. The maximum absolute atomic E-state index is 2.32. The summed E-state index contributed by atoms with van der Waals surface area (Å²) in [6.45, 7) is 8.65. The molecule has 0 aliphatic heterocycles. The van der Waals surface area contributed by atoms with Crippen LogP contribution in [0.15, 0.2) is 23.3 Å². The number of hydrogen-bond donors (Lipinski definition) is 0. The van der Waals surface area contributed by atoms with Crippen molar-refractivity contribution in [2.45, 2.75) is 53.4 Å². The van der Waals surface area contributed by atoms with Gasteiger partial charge in [-0.15, -0.1) is 0 Å². The van der Waals surface area contributed by atoms with Gasteiger partial charge in [-0.3, -0.25) is 0 Å². The van der Waals surface area contributed by atoms with E-state index in [0.29, 0.717) is 0 Å². The Hall–Kier alpha value is -0.520. The van der Waals surface area contributed by atoms with E-state index in [-0.39, 0.29) is 0 Å². The highest BCUT2D eigenvalue weighted by atomic mass is 13.9. The van der Waals surface area contributed by atoms with Gasteiger partial charge in [-0.2, -0.15) is 0 Å². The van der Waals surface area contributed by atoms with E-state index in [9.17, 15) is 0 Å². The minimum Gasteiger partial charge on any atom is -0.0859 e. The third kappa shape index (κ3) is 9.48. The summed E-state index contributed by atoms with van der Waals surface area (Å²) in [5, 5.41) is 0. The molecule has 0 fully saturated rings. The minimum atomic E-state index is 1.25. The van der Waals surface area contributed by atoms with Crippen LogP contribution in [0.5, 0.6) is 0 Å². The van der Waals surface area contributed by atoms with E-state index >= 15 is 0 Å². The lowest BCUT2D eigenvalue weighted by atomic mass is 10.1. The Morgan fingerprint density at radius 1 is 0.750 bits per heavy atom. The van der Waals surface area contributed by atoms with Crippen LogP contribution in [0.3, 0.4) is 0 Å². The van der Waals surface area contributed by atoms with Crippen LogP contribution in [0.25, 0.3) is 0 Å². The smallest absolute Gasteiger partial charge is 0.0348 e. The lowest BCUT2D eigenvalue weighted by Crippen LogP contribution is -1.74. The molecule has 0 heterocycles. The molecule has 0 aromatic rings. The number of allylic oxidation sites excluding steroid dienone is 4. The molecule has 0 rings (SSSR count). The predicted octanol–water partition coefficient (Wildman–Crippen LogP) is 4.48. The Morgan fingerprint density at radius 3 is 1.33 bits per heavy atom. The highest BCUT2D eigenvalue weighted by Crippen LogP contribution is 2.05. The molecule has 12 heavy (non-hydrogen) atoms. The zero-order valence-electron chi connectivity index (χ0n) is 8.98. The Morgan fingerprint density at radius 2 is 1.08 bits per heavy atom. The van der Waals surface area contributed by atoms with Gasteiger partial charge in [0.15, 0.2) is 0 Å². The predicted molar refractivity (Wildman–Crippen MR) is 57.3 cm³/mol. The second-order valence-electron chi connectivity index (χ2n) is 3.85. The SMILES string of the molecule is CC(C)=CCCCCC=C(C)C. The van der Waals surface area contributed by atoms with Gasteiger partial charge in [0.1, 0.15) is 0 Å². The summed E-state index contributed by atoms with van der Waals surface area (Å²) in [5.41, 5.74) is 2.88. The van der Waals surface area contributed by atoms with Crippen LogP contribution in [-0.2, 0) is 0 Å². The van der Waals surface area contributed by atoms with Gasteiger partial charge in [0, 0.05) is 0 Å². The lowest BCUT2D eigenvalue weighted by Gasteiger charge is -1.95. The van der Waals surface area contributed by atoms with E-state index in [1.54, 1.807) is 0 Å². The summed E-state index contributed by atoms with van der Waals surface area (Å²) in [6.07, 6.45) is 9.80. The monoisotopic (exact) mass is 166 g/mol. The molecule has 0 aromatic carbocycles. The van der Waals surface area contributed by atoms with Crippen molar-refractivity contribution in [1.82, 2.24) is 0 Å². The van der Waals surface area contributed by atoms with Crippen molar-refractivity contribution in [1.29, 1.82) is 0 Å². The number of unbranched alkanes of at least 4 members (excludes halogenated alkanes) is 3. The maximum atomic E-state index is 2.32. The first kappa shape index (κ1) is 11.5. The average molecular weight is 166 g/mol. The fourth-order valence-corrected chi connectivity index (χ4v) is 1.07. The Labute approximate surface area is 77.4 Å². The lowest BCUT2D eigenvalue weighted by molar-refractivity contribution is 0.757. The van der Waals surface area contributed by atoms with Gasteiger partial charge in [-0.25, -0.2) is 0 Å². The zero-order valence-corrected chi connectivity index (χ0v) is 8.98. The van der Waals surface area contributed by atoms with Crippen molar-refractivity contribution in [3.63, 3.8) is 0 Å². The van der Waals surface area contributed by atoms with Crippen LogP contribution >= 0.6 is 0 Å². The van der Waals surface area contributed by atoms with Crippen molar-refractivity contribution in [3.05, 3.63) is 23.3 Å². The summed E-state index contributed by atoms with van der Waals surface area (Å²) in [6, 6.07) is 0. The fourth-order valence-electron chi connectivity index (χ4n) is 1.07. The summed E-state index contributed by atoms with van der Waals surface area (Å²) in [5.74, 6) is 0. The molecule has 0 saturated carbocycles. The molecule has 0 saturated heterocycles. The molecule has 0 N–H and O–H groups in total. The summed E-state index contributed by atoms with van der Waals surface area (Å²) in [7, 11) is 0. The molecule has 70 valence electrons.